The molecule has 0 atom stereocenters. The second-order valence-corrected chi connectivity index (χ2v) is 3.91. The second-order valence-electron chi connectivity index (χ2n) is 2.88. The summed E-state index contributed by atoms with van der Waals surface area (Å²) in [5, 5.41) is 12.7. The number of thiophene rings is 1. The highest BCUT2D eigenvalue weighted by Crippen LogP contribution is 2.09. The van der Waals surface area contributed by atoms with Crippen molar-refractivity contribution < 1.29 is 4.42 Å². The smallest absolute Gasteiger partial charge is 0.315 e. The van der Waals surface area contributed by atoms with Gasteiger partial charge >= 0.3 is 6.01 Å². The first-order chi connectivity index (χ1) is 6.84. The molecule has 0 saturated heterocycles. The Labute approximate surface area is 86.0 Å². The topological polar surface area (TPSA) is 51.0 Å². The Bertz CT molecular complexity index is 382. The molecule has 0 bridgehead atoms. The minimum Gasteiger partial charge on any atom is -0.408 e. The van der Waals surface area contributed by atoms with Crippen molar-refractivity contribution in [2.45, 2.75) is 13.3 Å². The molecule has 2 aromatic rings. The molecule has 0 saturated carbocycles. The fourth-order valence-corrected chi connectivity index (χ4v) is 1.82. The third-order valence-corrected chi connectivity index (χ3v) is 2.69. The molecule has 0 aliphatic rings. The van der Waals surface area contributed by atoms with Gasteiger partial charge in [-0.25, -0.2) is 0 Å². The van der Waals surface area contributed by atoms with E-state index in [1.807, 2.05) is 0 Å². The Morgan fingerprint density at radius 1 is 1.50 bits per heavy atom. The lowest BCUT2D eigenvalue weighted by molar-refractivity contribution is 0.531. The summed E-state index contributed by atoms with van der Waals surface area (Å²) in [5.74, 6) is 0.587. The number of anilines is 1. The lowest BCUT2D eigenvalue weighted by Gasteiger charge is -1.97. The Hall–Kier alpha value is -1.36. The highest BCUT2D eigenvalue weighted by Gasteiger charge is 2.00. The van der Waals surface area contributed by atoms with E-state index >= 15 is 0 Å². The van der Waals surface area contributed by atoms with Crippen LogP contribution in [-0.4, -0.2) is 16.7 Å². The number of aromatic nitrogens is 2. The minimum atomic E-state index is 0.499. The van der Waals surface area contributed by atoms with Gasteiger partial charge in [-0.3, -0.25) is 0 Å². The maximum atomic E-state index is 5.17. The minimum absolute atomic E-state index is 0.499. The molecule has 0 amide bonds. The average Bonchev–Trinajstić information content (AvgIpc) is 2.77. The van der Waals surface area contributed by atoms with Crippen LogP contribution in [0.3, 0.4) is 0 Å². The van der Waals surface area contributed by atoms with Crippen LogP contribution in [0.25, 0.3) is 0 Å². The van der Waals surface area contributed by atoms with Crippen molar-refractivity contribution in [2.75, 3.05) is 11.9 Å². The molecular formula is C9H11N3OS. The first-order valence-corrected chi connectivity index (χ1v) is 5.29. The number of hydrogen-bond acceptors (Lipinski definition) is 5. The summed E-state index contributed by atoms with van der Waals surface area (Å²) in [6.45, 7) is 2.60. The van der Waals surface area contributed by atoms with Crippen LogP contribution in [0.15, 0.2) is 21.9 Å². The lowest BCUT2D eigenvalue weighted by Crippen LogP contribution is -2.03. The molecular weight excluding hydrogens is 198 g/mol. The molecule has 0 aromatic carbocycles. The van der Waals surface area contributed by atoms with Crippen molar-refractivity contribution in [2.24, 2.45) is 0 Å². The van der Waals surface area contributed by atoms with Gasteiger partial charge in [0.25, 0.3) is 0 Å². The largest absolute Gasteiger partial charge is 0.408 e. The summed E-state index contributed by atoms with van der Waals surface area (Å²) in [6, 6.07) is 4.67. The maximum Gasteiger partial charge on any atom is 0.315 e. The van der Waals surface area contributed by atoms with Crippen molar-refractivity contribution in [3.05, 3.63) is 28.3 Å². The Morgan fingerprint density at radius 2 is 2.43 bits per heavy atom. The van der Waals surface area contributed by atoms with Gasteiger partial charge in [0, 0.05) is 18.3 Å². The summed E-state index contributed by atoms with van der Waals surface area (Å²) in [4.78, 5) is 1.36. The van der Waals surface area contributed by atoms with Gasteiger partial charge in [0.05, 0.1) is 0 Å². The summed E-state index contributed by atoms with van der Waals surface area (Å²) in [5.41, 5.74) is 0. The number of hydrogen-bond donors (Lipinski definition) is 1. The molecule has 0 aliphatic heterocycles. The van der Waals surface area contributed by atoms with Crippen LogP contribution in [-0.2, 0) is 6.42 Å². The van der Waals surface area contributed by atoms with Gasteiger partial charge in [0.15, 0.2) is 0 Å². The van der Waals surface area contributed by atoms with Gasteiger partial charge in [-0.05, 0) is 17.9 Å². The fraction of sp³-hybridized carbons (Fsp3) is 0.333. The van der Waals surface area contributed by atoms with Gasteiger partial charge in [0.1, 0.15) is 0 Å². The SMILES string of the molecule is Cc1nnc(NCCc2cccs2)o1. The summed E-state index contributed by atoms with van der Waals surface area (Å²) >= 11 is 1.76. The fourth-order valence-electron chi connectivity index (χ4n) is 1.12. The zero-order valence-corrected chi connectivity index (χ0v) is 8.67. The van der Waals surface area contributed by atoms with Crippen molar-refractivity contribution >= 4 is 17.4 Å². The van der Waals surface area contributed by atoms with Crippen molar-refractivity contribution in [1.29, 1.82) is 0 Å². The molecule has 2 aromatic heterocycles. The standard InChI is InChI=1S/C9H11N3OS/c1-7-11-12-9(13-7)10-5-4-8-3-2-6-14-8/h2-3,6H,4-5H2,1H3,(H,10,12). The molecule has 14 heavy (non-hydrogen) atoms. The van der Waals surface area contributed by atoms with Crippen LogP contribution in [0.1, 0.15) is 10.8 Å². The Kier molecular flexibility index (Phi) is 2.78. The van der Waals surface area contributed by atoms with E-state index in [9.17, 15) is 0 Å². The monoisotopic (exact) mass is 209 g/mol. The zero-order valence-electron chi connectivity index (χ0n) is 7.86. The van der Waals surface area contributed by atoms with Crippen LogP contribution < -0.4 is 5.32 Å². The zero-order chi connectivity index (χ0) is 9.80. The highest BCUT2D eigenvalue weighted by atomic mass is 32.1. The van der Waals surface area contributed by atoms with E-state index < -0.39 is 0 Å². The third-order valence-electron chi connectivity index (χ3n) is 1.75. The molecule has 0 fully saturated rings. The molecule has 74 valence electrons. The van der Waals surface area contributed by atoms with E-state index in [-0.39, 0.29) is 0 Å². The highest BCUT2D eigenvalue weighted by molar-refractivity contribution is 7.09. The second kappa shape index (κ2) is 4.23. The molecule has 1 N–H and O–H groups in total. The molecule has 2 heterocycles. The van der Waals surface area contributed by atoms with Crippen LogP contribution in [0.2, 0.25) is 0 Å². The van der Waals surface area contributed by atoms with Crippen molar-refractivity contribution in [3.8, 4) is 0 Å². The molecule has 0 aliphatic carbocycles. The number of nitrogens with zero attached hydrogens (tertiary/aromatic N) is 2. The van der Waals surface area contributed by atoms with E-state index in [4.69, 9.17) is 4.42 Å². The predicted molar refractivity (Wildman–Crippen MR) is 55.5 cm³/mol. The number of aryl methyl sites for hydroxylation is 1. The Balaban J connectivity index is 1.78. The van der Waals surface area contributed by atoms with Gasteiger partial charge in [0.2, 0.25) is 5.89 Å². The van der Waals surface area contributed by atoms with Crippen LogP contribution >= 0.6 is 11.3 Å². The van der Waals surface area contributed by atoms with E-state index in [0.29, 0.717) is 11.9 Å². The first kappa shape index (κ1) is 9.21. The first-order valence-electron chi connectivity index (χ1n) is 4.41. The lowest BCUT2D eigenvalue weighted by atomic mass is 10.3. The summed E-state index contributed by atoms with van der Waals surface area (Å²) in [7, 11) is 0. The molecule has 4 nitrogen and oxygen atoms in total. The van der Waals surface area contributed by atoms with E-state index in [2.05, 4.69) is 33.0 Å². The average molecular weight is 209 g/mol. The molecule has 5 heteroatoms. The van der Waals surface area contributed by atoms with E-state index in [1.165, 1.54) is 4.88 Å². The Morgan fingerprint density at radius 3 is 3.07 bits per heavy atom. The van der Waals surface area contributed by atoms with Crippen LogP contribution in [0.5, 0.6) is 0 Å². The van der Waals surface area contributed by atoms with Gasteiger partial charge < -0.3 is 9.73 Å². The number of rotatable bonds is 4. The maximum absolute atomic E-state index is 5.17. The van der Waals surface area contributed by atoms with E-state index in [0.717, 1.165) is 13.0 Å². The molecule has 0 unspecified atom stereocenters. The predicted octanol–water partition coefficient (Wildman–Crippen LogP) is 2.09. The number of nitrogens with one attached hydrogen (secondary N) is 1. The normalized spacial score (nSPS) is 10.4. The van der Waals surface area contributed by atoms with Crippen molar-refractivity contribution in [3.63, 3.8) is 0 Å². The van der Waals surface area contributed by atoms with Crippen LogP contribution in [0.4, 0.5) is 6.01 Å². The summed E-state index contributed by atoms with van der Waals surface area (Å²) in [6.07, 6.45) is 0.985. The third kappa shape index (κ3) is 2.32. The quantitative estimate of drug-likeness (QED) is 0.837. The van der Waals surface area contributed by atoms with Gasteiger partial charge in [-0.15, -0.1) is 16.4 Å². The molecule has 2 rings (SSSR count). The summed E-state index contributed by atoms with van der Waals surface area (Å²) < 4.78 is 5.17. The van der Waals surface area contributed by atoms with Crippen LogP contribution in [0, 0.1) is 6.92 Å². The van der Waals surface area contributed by atoms with Gasteiger partial charge in [-0.2, -0.15) is 0 Å². The molecule has 0 spiro atoms. The van der Waals surface area contributed by atoms with Crippen molar-refractivity contribution in [1.82, 2.24) is 10.2 Å². The molecule has 0 radical (unpaired) electrons. The van der Waals surface area contributed by atoms with E-state index in [1.54, 1.807) is 18.3 Å². The van der Waals surface area contributed by atoms with Gasteiger partial charge in [-0.1, -0.05) is 11.2 Å².